The molecule has 0 atom stereocenters. The molecule has 0 aliphatic heterocycles. The van der Waals surface area contributed by atoms with E-state index < -0.39 is 0 Å². The minimum Gasteiger partial charge on any atom is -0.497 e. The van der Waals surface area contributed by atoms with E-state index in [0.29, 0.717) is 18.3 Å². The van der Waals surface area contributed by atoms with E-state index in [1.165, 1.54) is 24.2 Å². The Bertz CT molecular complexity index is 728. The first-order valence-electron chi connectivity index (χ1n) is 8.40. The number of aryl methyl sites for hydroxylation is 1. The highest BCUT2D eigenvalue weighted by molar-refractivity contribution is 7.19. The molecule has 0 spiro atoms. The number of carbonyl (C=O) groups is 1. The molecule has 2 aromatic rings. The molecule has 0 saturated heterocycles. The van der Waals surface area contributed by atoms with Gasteiger partial charge in [-0.2, -0.15) is 0 Å². The van der Waals surface area contributed by atoms with E-state index in [1.54, 1.807) is 7.11 Å². The minimum absolute atomic E-state index is 0.263. The second kappa shape index (κ2) is 8.31. The van der Waals surface area contributed by atoms with Gasteiger partial charge in [0.1, 0.15) is 5.75 Å². The summed E-state index contributed by atoms with van der Waals surface area (Å²) in [4.78, 5) is 17.4. The van der Waals surface area contributed by atoms with Gasteiger partial charge < -0.3 is 14.8 Å². The number of hydrogen-bond donors (Lipinski definition) is 2. The highest BCUT2D eigenvalue weighted by atomic mass is 32.1. The molecule has 0 bridgehead atoms. The zero-order valence-corrected chi connectivity index (χ0v) is 15.3. The number of anilines is 1. The lowest BCUT2D eigenvalue weighted by Gasteiger charge is -2.06. The van der Waals surface area contributed by atoms with Crippen LogP contribution in [0.25, 0.3) is 10.4 Å². The van der Waals surface area contributed by atoms with Crippen molar-refractivity contribution in [3.05, 3.63) is 30.0 Å². The molecule has 3 rings (SSSR count). The highest BCUT2D eigenvalue weighted by Gasteiger charge is 2.20. The maximum atomic E-state index is 11.9. The van der Waals surface area contributed by atoms with Crippen molar-refractivity contribution in [1.29, 1.82) is 0 Å². The molecule has 1 aromatic carbocycles. The number of amides is 2. The van der Waals surface area contributed by atoms with Gasteiger partial charge in [-0.1, -0.05) is 23.5 Å². The van der Waals surface area contributed by atoms with Gasteiger partial charge in [-0.3, -0.25) is 5.32 Å². The largest absolute Gasteiger partial charge is 0.497 e. The molecule has 134 valence electrons. The number of nitrogens with one attached hydrogen (secondary N) is 2. The van der Waals surface area contributed by atoms with Crippen molar-refractivity contribution in [2.24, 2.45) is 5.92 Å². The van der Waals surface area contributed by atoms with Gasteiger partial charge in [-0.25, -0.2) is 9.78 Å². The summed E-state index contributed by atoms with van der Waals surface area (Å²) < 4.78 is 10.8. The van der Waals surface area contributed by atoms with Crippen LogP contribution in [0, 0.1) is 12.8 Å². The number of rotatable bonds is 8. The number of aromatic nitrogens is 1. The Morgan fingerprint density at radius 3 is 3.00 bits per heavy atom. The highest BCUT2D eigenvalue weighted by Crippen LogP contribution is 2.34. The zero-order chi connectivity index (χ0) is 17.6. The van der Waals surface area contributed by atoms with Crippen LogP contribution in [0.5, 0.6) is 5.75 Å². The molecule has 1 fully saturated rings. The number of urea groups is 1. The Kier molecular flexibility index (Phi) is 5.88. The van der Waals surface area contributed by atoms with Gasteiger partial charge in [0.2, 0.25) is 0 Å². The standard InChI is InChI=1S/C18H23N3O3S/c1-12-16(14-4-3-5-15(10-14)23-2)25-18(20-12)21-17(22)19-8-9-24-11-13-6-7-13/h3-5,10,13H,6-9,11H2,1-2H3,(H2,19,20,21,22). The van der Waals surface area contributed by atoms with Crippen LogP contribution in [0.3, 0.4) is 0 Å². The van der Waals surface area contributed by atoms with Crippen molar-refractivity contribution in [2.75, 3.05) is 32.2 Å². The predicted molar refractivity (Wildman–Crippen MR) is 99.4 cm³/mol. The van der Waals surface area contributed by atoms with Crippen molar-refractivity contribution in [1.82, 2.24) is 10.3 Å². The normalized spacial score (nSPS) is 13.5. The number of carbonyl (C=O) groups excluding carboxylic acids is 1. The number of hydrogen-bond acceptors (Lipinski definition) is 5. The molecule has 25 heavy (non-hydrogen) atoms. The fourth-order valence-electron chi connectivity index (χ4n) is 2.39. The van der Waals surface area contributed by atoms with Crippen LogP contribution in [0.1, 0.15) is 18.5 Å². The van der Waals surface area contributed by atoms with Crippen molar-refractivity contribution in [3.63, 3.8) is 0 Å². The third-order valence-electron chi connectivity index (χ3n) is 3.93. The maximum absolute atomic E-state index is 11.9. The number of nitrogens with zero attached hydrogens (tertiary/aromatic N) is 1. The summed E-state index contributed by atoms with van der Waals surface area (Å²) in [5.74, 6) is 1.53. The lowest BCUT2D eigenvalue weighted by molar-refractivity contribution is 0.127. The average molecular weight is 361 g/mol. The number of methoxy groups -OCH3 is 1. The van der Waals surface area contributed by atoms with Gasteiger partial charge in [-0.05, 0) is 43.4 Å². The number of ether oxygens (including phenoxy) is 2. The molecule has 1 aliphatic rings. The Morgan fingerprint density at radius 2 is 2.24 bits per heavy atom. The minimum atomic E-state index is -0.263. The first-order chi connectivity index (χ1) is 12.2. The van der Waals surface area contributed by atoms with Crippen molar-refractivity contribution in [3.8, 4) is 16.2 Å². The second-order valence-corrected chi connectivity index (χ2v) is 7.06. The molecule has 1 aromatic heterocycles. The van der Waals surface area contributed by atoms with Crippen LogP contribution in [0.2, 0.25) is 0 Å². The molecule has 2 N–H and O–H groups in total. The quantitative estimate of drug-likeness (QED) is 0.704. The van der Waals surface area contributed by atoms with Gasteiger partial charge in [0.15, 0.2) is 5.13 Å². The lowest BCUT2D eigenvalue weighted by Crippen LogP contribution is -2.31. The fourth-order valence-corrected chi connectivity index (χ4v) is 3.35. The van der Waals surface area contributed by atoms with Crippen LogP contribution < -0.4 is 15.4 Å². The summed E-state index contributed by atoms with van der Waals surface area (Å²) in [6.07, 6.45) is 2.54. The molecule has 2 amide bonds. The van der Waals surface area contributed by atoms with Crippen LogP contribution in [0.15, 0.2) is 24.3 Å². The molecule has 1 saturated carbocycles. The Labute approximate surface area is 151 Å². The van der Waals surface area contributed by atoms with Gasteiger partial charge in [-0.15, -0.1) is 0 Å². The van der Waals surface area contributed by atoms with Crippen LogP contribution in [-0.2, 0) is 4.74 Å². The van der Waals surface area contributed by atoms with E-state index >= 15 is 0 Å². The van der Waals surface area contributed by atoms with E-state index in [9.17, 15) is 4.79 Å². The maximum Gasteiger partial charge on any atom is 0.321 e. The van der Waals surface area contributed by atoms with Crippen LogP contribution >= 0.6 is 11.3 Å². The smallest absolute Gasteiger partial charge is 0.321 e. The first kappa shape index (κ1) is 17.7. The van der Waals surface area contributed by atoms with E-state index in [2.05, 4.69) is 15.6 Å². The summed E-state index contributed by atoms with van der Waals surface area (Å²) in [7, 11) is 1.64. The van der Waals surface area contributed by atoms with Gasteiger partial charge in [0, 0.05) is 13.2 Å². The molecule has 6 nitrogen and oxygen atoms in total. The monoisotopic (exact) mass is 361 g/mol. The summed E-state index contributed by atoms with van der Waals surface area (Å²) in [5, 5.41) is 6.14. The average Bonchev–Trinajstić information content (AvgIpc) is 3.36. The van der Waals surface area contributed by atoms with E-state index in [0.717, 1.165) is 34.4 Å². The molecular weight excluding hydrogens is 338 g/mol. The molecule has 1 heterocycles. The molecule has 1 aliphatic carbocycles. The summed E-state index contributed by atoms with van der Waals surface area (Å²) in [6, 6.07) is 7.54. The van der Waals surface area contributed by atoms with Crippen molar-refractivity contribution in [2.45, 2.75) is 19.8 Å². The molecule has 0 radical (unpaired) electrons. The van der Waals surface area contributed by atoms with Crippen molar-refractivity contribution >= 4 is 22.5 Å². The SMILES string of the molecule is COc1cccc(-c2sc(NC(=O)NCCOCC3CC3)nc2C)c1. The number of thiazole rings is 1. The molecule has 0 unspecified atom stereocenters. The van der Waals surface area contributed by atoms with Crippen LogP contribution in [-0.4, -0.2) is 37.9 Å². The van der Waals surface area contributed by atoms with E-state index in [4.69, 9.17) is 9.47 Å². The third kappa shape index (κ3) is 5.17. The second-order valence-electron chi connectivity index (χ2n) is 6.06. The lowest BCUT2D eigenvalue weighted by atomic mass is 10.1. The summed E-state index contributed by atoms with van der Waals surface area (Å²) >= 11 is 1.45. The van der Waals surface area contributed by atoms with Crippen molar-refractivity contribution < 1.29 is 14.3 Å². The van der Waals surface area contributed by atoms with E-state index in [1.807, 2.05) is 31.2 Å². The Balaban J connectivity index is 1.51. The zero-order valence-electron chi connectivity index (χ0n) is 14.5. The Hall–Kier alpha value is -2.12. The summed E-state index contributed by atoms with van der Waals surface area (Å²) in [5.41, 5.74) is 1.90. The van der Waals surface area contributed by atoms with Gasteiger partial charge >= 0.3 is 6.03 Å². The molecule has 7 heteroatoms. The third-order valence-corrected chi connectivity index (χ3v) is 5.05. The Morgan fingerprint density at radius 1 is 1.40 bits per heavy atom. The fraction of sp³-hybridized carbons (Fsp3) is 0.444. The van der Waals surface area contributed by atoms with Gasteiger partial charge in [0.25, 0.3) is 0 Å². The topological polar surface area (TPSA) is 72.5 Å². The predicted octanol–water partition coefficient (Wildman–Crippen LogP) is 3.68. The number of benzene rings is 1. The van der Waals surface area contributed by atoms with Crippen LogP contribution in [0.4, 0.5) is 9.93 Å². The molecular formula is C18H23N3O3S. The van der Waals surface area contributed by atoms with Gasteiger partial charge in [0.05, 0.1) is 24.3 Å². The summed E-state index contributed by atoms with van der Waals surface area (Å²) in [6.45, 7) is 3.76. The first-order valence-corrected chi connectivity index (χ1v) is 9.22. The van der Waals surface area contributed by atoms with E-state index in [-0.39, 0.29) is 6.03 Å².